The molecule has 1 aliphatic rings. The summed E-state index contributed by atoms with van der Waals surface area (Å²) in [5.41, 5.74) is 3.40. The largest absolute Gasteiger partial charge is 0.478 e. The Morgan fingerprint density at radius 1 is 1.05 bits per heavy atom. The first-order valence-corrected chi connectivity index (χ1v) is 13.2. The summed E-state index contributed by atoms with van der Waals surface area (Å²) in [5.74, 6) is -1.92. The summed E-state index contributed by atoms with van der Waals surface area (Å²) in [6.07, 6.45) is 3.05. The molecule has 0 saturated heterocycles. The predicted octanol–water partition coefficient (Wildman–Crippen LogP) is 6.53. The van der Waals surface area contributed by atoms with Crippen LogP contribution in [0.4, 0.5) is 4.39 Å². The lowest BCUT2D eigenvalue weighted by Gasteiger charge is -2.19. The minimum absolute atomic E-state index is 0.169. The van der Waals surface area contributed by atoms with E-state index in [-0.39, 0.29) is 17.0 Å². The summed E-state index contributed by atoms with van der Waals surface area (Å²) in [6.45, 7) is 0.365. The third-order valence-corrected chi connectivity index (χ3v) is 7.58. The summed E-state index contributed by atoms with van der Waals surface area (Å²) >= 11 is 6.20. The van der Waals surface area contributed by atoms with Crippen LogP contribution < -0.4 is 5.32 Å². The number of rotatable bonds is 7. The number of nitriles is 1. The van der Waals surface area contributed by atoms with Crippen LogP contribution in [0.3, 0.4) is 0 Å². The lowest BCUT2D eigenvalue weighted by molar-refractivity contribution is 0.0696. The number of aromatic carboxylic acids is 1. The first-order valence-electron chi connectivity index (χ1n) is 12.9. The molecule has 0 bridgehead atoms. The van der Waals surface area contributed by atoms with Crippen LogP contribution in [0.1, 0.15) is 50.2 Å². The quantitative estimate of drug-likeness (QED) is 0.233. The monoisotopic (exact) mass is 564 g/mol. The molecule has 1 heterocycles. The first-order chi connectivity index (χ1) is 19.7. The van der Waals surface area contributed by atoms with E-state index in [1.165, 1.54) is 18.2 Å². The van der Waals surface area contributed by atoms with Crippen LogP contribution in [0.15, 0.2) is 85.1 Å². The van der Waals surface area contributed by atoms with E-state index in [9.17, 15) is 24.3 Å². The zero-order valence-electron chi connectivity index (χ0n) is 21.6. The molecule has 41 heavy (non-hydrogen) atoms. The van der Waals surface area contributed by atoms with Gasteiger partial charge in [-0.05, 0) is 89.7 Å². The van der Waals surface area contributed by atoms with E-state index in [0.717, 1.165) is 17.2 Å². The molecule has 1 fully saturated rings. The highest BCUT2D eigenvalue weighted by atomic mass is 35.5. The third-order valence-electron chi connectivity index (χ3n) is 7.35. The SMILES string of the molecule is N#Cc1cc(F)cc(-c2cc(C(=O)NC3(c4ccc(C(=O)O)cc4)CC3)c3c(cnn3Cc3cccc(Cl)c3)c2)c1. The molecule has 2 N–H and O–H groups in total. The average Bonchev–Trinajstić information content (AvgIpc) is 3.64. The van der Waals surface area contributed by atoms with E-state index in [1.807, 2.05) is 30.3 Å². The molecular weight excluding hydrogens is 543 g/mol. The maximum Gasteiger partial charge on any atom is 0.335 e. The van der Waals surface area contributed by atoms with Gasteiger partial charge in [-0.15, -0.1) is 0 Å². The fourth-order valence-electron chi connectivity index (χ4n) is 5.15. The molecular formula is C32H22ClFN4O3. The summed E-state index contributed by atoms with van der Waals surface area (Å²) in [6, 6.07) is 23.4. The molecule has 0 spiro atoms. The summed E-state index contributed by atoms with van der Waals surface area (Å²) in [4.78, 5) is 25.3. The molecule has 1 saturated carbocycles. The number of aromatic nitrogens is 2. The molecule has 1 amide bonds. The Hall–Kier alpha value is -5.00. The van der Waals surface area contributed by atoms with Crippen LogP contribution in [0.25, 0.3) is 22.0 Å². The standard InChI is InChI=1S/C32H22ClFN4O3/c33-26-3-1-2-19(11-26)18-38-29-24(17-36-38)13-23(22-10-20(16-35)12-27(34)14-22)15-28(29)30(39)37-32(8-9-32)25-6-4-21(5-7-25)31(40)41/h1-7,10-15,17H,8-9,18H2,(H,37,39)(H,40,41). The lowest BCUT2D eigenvalue weighted by Crippen LogP contribution is -2.35. The van der Waals surface area contributed by atoms with Gasteiger partial charge in [-0.3, -0.25) is 9.48 Å². The number of fused-ring (bicyclic) bond motifs is 1. The number of hydrogen-bond acceptors (Lipinski definition) is 4. The van der Waals surface area contributed by atoms with Gasteiger partial charge in [-0.25, -0.2) is 9.18 Å². The molecule has 4 aromatic carbocycles. The van der Waals surface area contributed by atoms with Gasteiger partial charge in [0.1, 0.15) is 5.82 Å². The number of carboxylic acids is 1. The number of amides is 1. The third kappa shape index (κ3) is 5.15. The van der Waals surface area contributed by atoms with E-state index in [1.54, 1.807) is 41.2 Å². The second-order valence-electron chi connectivity index (χ2n) is 10.2. The molecule has 1 aromatic heterocycles. The molecule has 1 aliphatic carbocycles. The second-order valence-corrected chi connectivity index (χ2v) is 10.6. The molecule has 0 atom stereocenters. The van der Waals surface area contributed by atoms with Gasteiger partial charge in [-0.1, -0.05) is 35.9 Å². The van der Waals surface area contributed by atoms with Gasteiger partial charge in [0.05, 0.1) is 46.6 Å². The number of nitrogens with zero attached hydrogens (tertiary/aromatic N) is 3. The Morgan fingerprint density at radius 3 is 2.49 bits per heavy atom. The van der Waals surface area contributed by atoms with Crippen LogP contribution in [-0.4, -0.2) is 26.8 Å². The number of carbonyl (C=O) groups excluding carboxylic acids is 1. The zero-order chi connectivity index (χ0) is 28.7. The van der Waals surface area contributed by atoms with E-state index < -0.39 is 17.3 Å². The Morgan fingerprint density at radius 2 is 1.80 bits per heavy atom. The van der Waals surface area contributed by atoms with Crippen molar-refractivity contribution in [3.8, 4) is 17.2 Å². The lowest BCUT2D eigenvalue weighted by atomic mass is 9.97. The van der Waals surface area contributed by atoms with Crippen LogP contribution in [-0.2, 0) is 12.1 Å². The van der Waals surface area contributed by atoms with Crippen molar-refractivity contribution < 1.29 is 19.1 Å². The summed E-state index contributed by atoms with van der Waals surface area (Å²) < 4.78 is 16.1. The van der Waals surface area contributed by atoms with E-state index in [4.69, 9.17) is 11.6 Å². The van der Waals surface area contributed by atoms with Crippen LogP contribution in [0, 0.1) is 17.1 Å². The molecule has 202 valence electrons. The molecule has 0 aliphatic heterocycles. The van der Waals surface area contributed by atoms with Crippen LogP contribution in [0.5, 0.6) is 0 Å². The number of carbonyl (C=O) groups is 2. The van der Waals surface area contributed by atoms with Crippen molar-refractivity contribution in [3.63, 3.8) is 0 Å². The fourth-order valence-corrected chi connectivity index (χ4v) is 5.36. The van der Waals surface area contributed by atoms with Crippen molar-refractivity contribution in [1.29, 1.82) is 5.26 Å². The number of nitrogens with one attached hydrogen (secondary N) is 1. The number of hydrogen-bond donors (Lipinski definition) is 2. The first kappa shape index (κ1) is 26.2. The Bertz CT molecular complexity index is 1890. The normalized spacial score (nSPS) is 13.5. The highest BCUT2D eigenvalue weighted by Gasteiger charge is 2.46. The average molecular weight is 565 g/mol. The van der Waals surface area contributed by atoms with Gasteiger partial charge in [0, 0.05) is 10.4 Å². The molecule has 9 heteroatoms. The minimum atomic E-state index is -1.02. The van der Waals surface area contributed by atoms with Gasteiger partial charge >= 0.3 is 5.97 Å². The molecule has 6 rings (SSSR count). The van der Waals surface area contributed by atoms with Crippen LogP contribution >= 0.6 is 11.6 Å². The van der Waals surface area contributed by atoms with Gasteiger partial charge in [0.15, 0.2) is 0 Å². The fraction of sp³-hybridized carbons (Fsp3) is 0.125. The molecule has 0 radical (unpaired) electrons. The maximum atomic E-state index is 14.4. The van der Waals surface area contributed by atoms with Crippen molar-refractivity contribution in [1.82, 2.24) is 15.1 Å². The minimum Gasteiger partial charge on any atom is -0.478 e. The van der Waals surface area contributed by atoms with Crippen LogP contribution in [0.2, 0.25) is 5.02 Å². The van der Waals surface area contributed by atoms with Crippen molar-refractivity contribution in [2.75, 3.05) is 0 Å². The Balaban J connectivity index is 1.44. The van der Waals surface area contributed by atoms with Crippen molar-refractivity contribution in [2.24, 2.45) is 0 Å². The molecule has 5 aromatic rings. The Kier molecular flexibility index (Phi) is 6.52. The zero-order valence-corrected chi connectivity index (χ0v) is 22.3. The molecule has 0 unspecified atom stereocenters. The van der Waals surface area contributed by atoms with Gasteiger partial charge in [0.2, 0.25) is 0 Å². The van der Waals surface area contributed by atoms with E-state index in [2.05, 4.69) is 10.4 Å². The number of carboxylic acid groups (broad SMARTS) is 1. The van der Waals surface area contributed by atoms with E-state index in [0.29, 0.717) is 52.0 Å². The van der Waals surface area contributed by atoms with Crippen molar-refractivity contribution >= 4 is 34.4 Å². The maximum absolute atomic E-state index is 14.4. The van der Waals surface area contributed by atoms with Crippen molar-refractivity contribution in [2.45, 2.75) is 24.9 Å². The highest BCUT2D eigenvalue weighted by molar-refractivity contribution is 6.30. The van der Waals surface area contributed by atoms with Gasteiger partial charge < -0.3 is 10.4 Å². The number of halogens is 2. The second kappa shape index (κ2) is 10.2. The Labute approximate surface area is 239 Å². The predicted molar refractivity (Wildman–Crippen MR) is 152 cm³/mol. The highest BCUT2D eigenvalue weighted by Crippen LogP contribution is 2.46. The van der Waals surface area contributed by atoms with Gasteiger partial charge in [-0.2, -0.15) is 10.4 Å². The topological polar surface area (TPSA) is 108 Å². The van der Waals surface area contributed by atoms with E-state index >= 15 is 0 Å². The molecule has 7 nitrogen and oxygen atoms in total. The smallest absolute Gasteiger partial charge is 0.335 e. The van der Waals surface area contributed by atoms with Gasteiger partial charge in [0.25, 0.3) is 5.91 Å². The van der Waals surface area contributed by atoms with Crippen molar-refractivity contribution in [3.05, 3.63) is 124 Å². The number of benzene rings is 4. The summed E-state index contributed by atoms with van der Waals surface area (Å²) in [5, 5.41) is 27.6. The summed E-state index contributed by atoms with van der Waals surface area (Å²) in [7, 11) is 0.